The van der Waals surface area contributed by atoms with Gasteiger partial charge in [-0.05, 0) is 81.2 Å². The summed E-state index contributed by atoms with van der Waals surface area (Å²) in [4.78, 5) is 20.3. The molecule has 1 saturated heterocycles. The van der Waals surface area contributed by atoms with Crippen molar-refractivity contribution in [1.82, 2.24) is 14.5 Å². The normalized spacial score (nSPS) is 17.6. The van der Waals surface area contributed by atoms with Gasteiger partial charge in [-0.1, -0.05) is 6.92 Å². The van der Waals surface area contributed by atoms with Crippen molar-refractivity contribution in [3.05, 3.63) is 64.5 Å². The Bertz CT molecular complexity index is 1060. The van der Waals surface area contributed by atoms with Gasteiger partial charge >= 0.3 is 0 Å². The molecular weight excluding hydrogens is 369 g/mol. The van der Waals surface area contributed by atoms with Gasteiger partial charge in [-0.15, -0.1) is 0 Å². The Kier molecular flexibility index (Phi) is 5.62. The smallest absolute Gasteiger partial charge is 0.261 e. The quantitative estimate of drug-likeness (QED) is 0.644. The topological polar surface area (TPSA) is 47.4 Å². The monoisotopic (exact) mass is 395 g/mol. The summed E-state index contributed by atoms with van der Waals surface area (Å²) in [5.41, 5.74) is 0.625. The zero-order valence-electron chi connectivity index (χ0n) is 16.9. The minimum Gasteiger partial charge on any atom is -0.457 e. The second-order valence-electron chi connectivity index (χ2n) is 7.71. The van der Waals surface area contributed by atoms with Crippen LogP contribution in [0.1, 0.15) is 25.6 Å². The van der Waals surface area contributed by atoms with Crippen LogP contribution < -0.4 is 10.3 Å². The fourth-order valence-corrected chi connectivity index (χ4v) is 4.07. The second kappa shape index (κ2) is 8.33. The van der Waals surface area contributed by atoms with Crippen LogP contribution in [0, 0.1) is 18.7 Å². The maximum Gasteiger partial charge on any atom is 0.261 e. The van der Waals surface area contributed by atoms with Crippen LogP contribution >= 0.6 is 0 Å². The van der Waals surface area contributed by atoms with E-state index in [4.69, 9.17) is 4.74 Å². The number of rotatable bonds is 5. The molecule has 4 rings (SSSR count). The van der Waals surface area contributed by atoms with E-state index < -0.39 is 0 Å². The molecule has 5 nitrogen and oxygen atoms in total. The van der Waals surface area contributed by atoms with Gasteiger partial charge in [0.1, 0.15) is 23.1 Å². The molecule has 3 aromatic rings. The number of piperidine rings is 1. The maximum atomic E-state index is 13.2. The molecule has 1 aliphatic heterocycles. The third kappa shape index (κ3) is 4.32. The van der Waals surface area contributed by atoms with Gasteiger partial charge in [-0.3, -0.25) is 9.36 Å². The summed E-state index contributed by atoms with van der Waals surface area (Å²) in [6.45, 7) is 7.97. The number of aromatic nitrogens is 2. The number of benzene rings is 2. The van der Waals surface area contributed by atoms with Crippen LogP contribution in [0.5, 0.6) is 11.5 Å². The van der Waals surface area contributed by atoms with Crippen molar-refractivity contribution in [2.45, 2.75) is 33.2 Å². The molecule has 0 radical (unpaired) electrons. The van der Waals surface area contributed by atoms with Crippen LogP contribution in [0.15, 0.2) is 47.3 Å². The summed E-state index contributed by atoms with van der Waals surface area (Å²) in [6.07, 6.45) is 2.30. The minimum atomic E-state index is -0.317. The number of halogens is 1. The Morgan fingerprint density at radius 2 is 1.93 bits per heavy atom. The summed E-state index contributed by atoms with van der Waals surface area (Å²) >= 11 is 0. The van der Waals surface area contributed by atoms with Gasteiger partial charge < -0.3 is 9.64 Å². The van der Waals surface area contributed by atoms with E-state index >= 15 is 0 Å². The van der Waals surface area contributed by atoms with E-state index in [0.717, 1.165) is 31.9 Å². The van der Waals surface area contributed by atoms with Gasteiger partial charge in [0.2, 0.25) is 0 Å². The standard InChI is InChI=1S/C23H26FN3O2/c1-3-26-12-4-5-17(14-26)15-27-16(2)25-22-11-10-20(13-21(22)23(27)28)29-19-8-6-18(24)7-9-19/h6-11,13,17H,3-5,12,14-15H2,1-2H3/t17-/m0/s1. The van der Waals surface area contributed by atoms with Gasteiger partial charge in [0.25, 0.3) is 5.56 Å². The van der Waals surface area contributed by atoms with Crippen LogP contribution in [0.25, 0.3) is 10.9 Å². The molecule has 1 atom stereocenters. The summed E-state index contributed by atoms with van der Waals surface area (Å²) in [6, 6.07) is 11.1. The van der Waals surface area contributed by atoms with E-state index in [2.05, 4.69) is 16.8 Å². The highest BCUT2D eigenvalue weighted by Gasteiger charge is 2.21. The molecule has 0 bridgehead atoms. The fourth-order valence-electron chi connectivity index (χ4n) is 4.07. The number of nitrogens with zero attached hydrogens (tertiary/aromatic N) is 3. The van der Waals surface area contributed by atoms with Crippen LogP contribution in [0.2, 0.25) is 0 Å². The number of ether oxygens (including phenoxy) is 1. The highest BCUT2D eigenvalue weighted by Crippen LogP contribution is 2.25. The Morgan fingerprint density at radius 3 is 2.69 bits per heavy atom. The van der Waals surface area contributed by atoms with Crippen molar-refractivity contribution in [3.8, 4) is 11.5 Å². The molecule has 0 amide bonds. The number of aryl methyl sites for hydroxylation is 1. The first-order valence-corrected chi connectivity index (χ1v) is 10.2. The molecule has 1 aliphatic rings. The first-order valence-electron chi connectivity index (χ1n) is 10.2. The first-order chi connectivity index (χ1) is 14.0. The van der Waals surface area contributed by atoms with Gasteiger partial charge in [-0.25, -0.2) is 9.37 Å². The summed E-state index contributed by atoms with van der Waals surface area (Å²) in [5, 5.41) is 0.540. The van der Waals surface area contributed by atoms with Crippen LogP contribution in [0.4, 0.5) is 4.39 Å². The van der Waals surface area contributed by atoms with Crippen molar-refractivity contribution < 1.29 is 9.13 Å². The third-order valence-electron chi connectivity index (χ3n) is 5.66. The van der Waals surface area contributed by atoms with E-state index in [9.17, 15) is 9.18 Å². The zero-order valence-corrected chi connectivity index (χ0v) is 16.9. The first kappa shape index (κ1) is 19.6. The molecule has 0 unspecified atom stereocenters. The molecule has 0 spiro atoms. The highest BCUT2D eigenvalue weighted by atomic mass is 19.1. The van der Waals surface area contributed by atoms with E-state index in [1.54, 1.807) is 34.9 Å². The molecule has 0 N–H and O–H groups in total. The molecule has 0 saturated carbocycles. The largest absolute Gasteiger partial charge is 0.457 e. The lowest BCUT2D eigenvalue weighted by Crippen LogP contribution is -2.38. The average molecular weight is 395 g/mol. The van der Waals surface area contributed by atoms with E-state index in [0.29, 0.717) is 34.9 Å². The van der Waals surface area contributed by atoms with Crippen molar-refractivity contribution >= 4 is 10.9 Å². The summed E-state index contributed by atoms with van der Waals surface area (Å²) in [5.74, 6) is 1.94. The Labute approximate surface area is 169 Å². The number of fused-ring (bicyclic) bond motifs is 1. The Hall–Kier alpha value is -2.73. The van der Waals surface area contributed by atoms with Crippen LogP contribution in [-0.2, 0) is 6.54 Å². The molecule has 6 heteroatoms. The Balaban J connectivity index is 1.63. The van der Waals surface area contributed by atoms with Gasteiger partial charge in [0.15, 0.2) is 0 Å². The van der Waals surface area contributed by atoms with Crippen molar-refractivity contribution in [2.24, 2.45) is 5.92 Å². The predicted octanol–water partition coefficient (Wildman–Crippen LogP) is 4.37. The van der Waals surface area contributed by atoms with Crippen molar-refractivity contribution in [3.63, 3.8) is 0 Å². The highest BCUT2D eigenvalue weighted by molar-refractivity contribution is 5.79. The lowest BCUT2D eigenvalue weighted by Gasteiger charge is -2.32. The maximum absolute atomic E-state index is 13.2. The molecule has 29 heavy (non-hydrogen) atoms. The van der Waals surface area contributed by atoms with E-state index in [1.165, 1.54) is 18.6 Å². The predicted molar refractivity (Wildman–Crippen MR) is 112 cm³/mol. The van der Waals surface area contributed by atoms with Gasteiger partial charge in [0.05, 0.1) is 10.9 Å². The number of hydrogen-bond donors (Lipinski definition) is 0. The lowest BCUT2D eigenvalue weighted by molar-refractivity contribution is 0.168. The molecule has 1 aromatic heterocycles. The van der Waals surface area contributed by atoms with Crippen LogP contribution in [0.3, 0.4) is 0 Å². The SMILES string of the molecule is CCN1CCC[C@H](Cn2c(C)nc3ccc(Oc4ccc(F)cc4)cc3c2=O)C1. The number of likely N-dealkylation sites (tertiary alicyclic amines) is 1. The molecule has 2 heterocycles. The van der Waals surface area contributed by atoms with E-state index in [-0.39, 0.29) is 11.4 Å². The Morgan fingerprint density at radius 1 is 1.17 bits per heavy atom. The number of hydrogen-bond acceptors (Lipinski definition) is 4. The average Bonchev–Trinajstić information content (AvgIpc) is 2.73. The molecule has 152 valence electrons. The molecule has 0 aliphatic carbocycles. The van der Waals surface area contributed by atoms with Gasteiger partial charge in [-0.2, -0.15) is 0 Å². The zero-order chi connectivity index (χ0) is 20.4. The van der Waals surface area contributed by atoms with E-state index in [1.807, 2.05) is 6.92 Å². The minimum absolute atomic E-state index is 0.0364. The summed E-state index contributed by atoms with van der Waals surface area (Å²) < 4.78 is 20.7. The van der Waals surface area contributed by atoms with Crippen molar-refractivity contribution in [2.75, 3.05) is 19.6 Å². The summed E-state index contributed by atoms with van der Waals surface area (Å²) in [7, 11) is 0. The molecule has 2 aromatic carbocycles. The lowest BCUT2D eigenvalue weighted by atomic mass is 9.98. The van der Waals surface area contributed by atoms with Gasteiger partial charge in [0, 0.05) is 13.1 Å². The molecular formula is C23H26FN3O2. The van der Waals surface area contributed by atoms with Crippen molar-refractivity contribution in [1.29, 1.82) is 0 Å². The fraction of sp³-hybridized carbons (Fsp3) is 0.391. The second-order valence-corrected chi connectivity index (χ2v) is 7.71. The van der Waals surface area contributed by atoms with Crippen LogP contribution in [-0.4, -0.2) is 34.1 Å². The molecule has 1 fully saturated rings. The third-order valence-corrected chi connectivity index (χ3v) is 5.66.